The Bertz CT molecular complexity index is 616. The number of fused-ring (bicyclic) bond motifs is 2. The van der Waals surface area contributed by atoms with E-state index in [4.69, 9.17) is 0 Å². The van der Waals surface area contributed by atoms with Crippen LogP contribution in [0.25, 0.3) is 0 Å². The van der Waals surface area contributed by atoms with Gasteiger partial charge in [0.2, 0.25) is 0 Å². The second-order valence-electron chi connectivity index (χ2n) is 10.1. The van der Waals surface area contributed by atoms with Crippen molar-refractivity contribution >= 4 is 11.9 Å². The van der Waals surface area contributed by atoms with Gasteiger partial charge in [-0.25, -0.2) is 0 Å². The molecular weight excluding hydrogens is 304 g/mol. The monoisotopic (exact) mass is 328 g/mol. The molecule has 8 bridgehead atoms. The van der Waals surface area contributed by atoms with E-state index in [1.807, 2.05) is 0 Å². The summed E-state index contributed by atoms with van der Waals surface area (Å²) in [6.45, 7) is 0. The van der Waals surface area contributed by atoms with Gasteiger partial charge in [0, 0.05) is 0 Å². The molecule has 12 atom stereocenters. The number of hydrogen-bond acceptors (Lipinski definition) is 2. The van der Waals surface area contributed by atoms with Crippen molar-refractivity contribution in [2.75, 3.05) is 0 Å². The maximum Gasteiger partial charge on any atom is 0.311 e. The smallest absolute Gasteiger partial charge is 0.311 e. The molecule has 0 heterocycles. The van der Waals surface area contributed by atoms with Crippen LogP contribution in [0.3, 0.4) is 0 Å². The van der Waals surface area contributed by atoms with E-state index in [0.717, 1.165) is 25.7 Å². The fraction of sp³-hybridized carbons (Fsp3) is 0.900. The van der Waals surface area contributed by atoms with Crippen molar-refractivity contribution in [2.45, 2.75) is 38.5 Å². The third kappa shape index (κ3) is 0.834. The summed E-state index contributed by atoms with van der Waals surface area (Å²) in [5.41, 5.74) is -1.80. The summed E-state index contributed by atoms with van der Waals surface area (Å²) in [6.07, 6.45) is 7.01. The highest BCUT2D eigenvalue weighted by molar-refractivity contribution is 5.93. The molecule has 2 N–H and O–H groups in total. The van der Waals surface area contributed by atoms with E-state index in [1.165, 1.54) is 12.8 Å². The first-order chi connectivity index (χ1) is 11.6. The Morgan fingerprint density at radius 1 is 0.625 bits per heavy atom. The molecular formula is C20H24O4. The molecule has 0 spiro atoms. The molecule has 8 saturated carbocycles. The lowest BCUT2D eigenvalue weighted by Crippen LogP contribution is -2.64. The zero-order chi connectivity index (χ0) is 16.2. The summed E-state index contributed by atoms with van der Waals surface area (Å²) in [6, 6.07) is 0. The third-order valence-electron chi connectivity index (χ3n) is 10.7. The lowest BCUT2D eigenvalue weighted by atomic mass is 9.44. The van der Waals surface area contributed by atoms with Gasteiger partial charge in [-0.15, -0.1) is 0 Å². The second kappa shape index (κ2) is 3.43. The molecule has 8 fully saturated rings. The van der Waals surface area contributed by atoms with E-state index in [0.29, 0.717) is 35.5 Å². The van der Waals surface area contributed by atoms with Crippen molar-refractivity contribution in [1.29, 1.82) is 0 Å². The maximum atomic E-state index is 12.8. The maximum absolute atomic E-state index is 12.8. The average molecular weight is 328 g/mol. The van der Waals surface area contributed by atoms with Gasteiger partial charge in [0.05, 0.1) is 10.8 Å². The van der Waals surface area contributed by atoms with Crippen molar-refractivity contribution < 1.29 is 19.8 Å². The average Bonchev–Trinajstić information content (AvgIpc) is 3.30. The molecule has 4 unspecified atom stereocenters. The topological polar surface area (TPSA) is 74.6 Å². The zero-order valence-electron chi connectivity index (χ0n) is 13.7. The van der Waals surface area contributed by atoms with Crippen molar-refractivity contribution in [1.82, 2.24) is 0 Å². The van der Waals surface area contributed by atoms with Crippen LogP contribution in [-0.2, 0) is 9.59 Å². The largest absolute Gasteiger partial charge is 0.481 e. The van der Waals surface area contributed by atoms with Crippen molar-refractivity contribution in [3.63, 3.8) is 0 Å². The summed E-state index contributed by atoms with van der Waals surface area (Å²) in [4.78, 5) is 25.6. The SMILES string of the molecule is O=C(O)C12[C@@H]3C4C5[C@H]1[C@@H]1CCC[C@@H]1[C@H]5C2(C(=O)O)[C@H]4[C@H]1CCC[C@H]13. The number of hydrogen-bond donors (Lipinski definition) is 2. The van der Waals surface area contributed by atoms with Gasteiger partial charge in [0.1, 0.15) is 0 Å². The van der Waals surface area contributed by atoms with Crippen LogP contribution in [0.5, 0.6) is 0 Å². The predicted octanol–water partition coefficient (Wildman–Crippen LogP) is 2.73. The molecule has 4 heteroatoms. The molecule has 24 heavy (non-hydrogen) atoms. The molecule has 0 aliphatic heterocycles. The highest BCUT2D eigenvalue weighted by Crippen LogP contribution is 2.97. The van der Waals surface area contributed by atoms with E-state index in [2.05, 4.69) is 0 Å². The second-order valence-corrected chi connectivity index (χ2v) is 10.1. The normalized spacial score (nSPS) is 68.8. The Kier molecular flexibility index (Phi) is 1.89. The van der Waals surface area contributed by atoms with Crippen LogP contribution in [0.2, 0.25) is 0 Å². The molecule has 4 nitrogen and oxygen atoms in total. The fourth-order valence-electron chi connectivity index (χ4n) is 11.4. The van der Waals surface area contributed by atoms with Gasteiger partial charge in [-0.2, -0.15) is 0 Å². The van der Waals surface area contributed by atoms with E-state index in [9.17, 15) is 19.8 Å². The summed E-state index contributed by atoms with van der Waals surface area (Å²) in [5, 5.41) is 21.0. The lowest BCUT2D eigenvalue weighted by Gasteiger charge is -2.56. The standard InChI is InChI=1S/C20H24O4/c21-17(22)19-13-7-3-1-4-8(7)14-11(13)12-15(19)9-5-2-6-10(9)16(12)20(14,19)18(23)24/h7-16H,1-6H2,(H,21,22)(H,23,24)/t7-,8+,9-,10+,11?,12?,13-,14-,15+,16+,19?,20?. The minimum absolute atomic E-state index is 0.191. The zero-order valence-corrected chi connectivity index (χ0v) is 13.7. The summed E-state index contributed by atoms with van der Waals surface area (Å²) in [5.74, 6) is 2.28. The molecule has 8 rings (SSSR count). The van der Waals surface area contributed by atoms with E-state index in [1.54, 1.807) is 0 Å². The minimum atomic E-state index is -0.902. The Morgan fingerprint density at radius 2 is 0.917 bits per heavy atom. The van der Waals surface area contributed by atoms with Crippen LogP contribution in [0.15, 0.2) is 0 Å². The number of carboxylic acids is 2. The Labute approximate surface area is 141 Å². The lowest BCUT2D eigenvalue weighted by molar-refractivity contribution is -0.204. The van der Waals surface area contributed by atoms with Crippen LogP contribution in [0.4, 0.5) is 0 Å². The molecule has 0 aromatic carbocycles. The van der Waals surface area contributed by atoms with Crippen LogP contribution in [0.1, 0.15) is 38.5 Å². The van der Waals surface area contributed by atoms with Crippen LogP contribution in [0, 0.1) is 70.0 Å². The molecule has 8 aliphatic rings. The van der Waals surface area contributed by atoms with Gasteiger partial charge in [0.15, 0.2) is 0 Å². The van der Waals surface area contributed by atoms with Crippen LogP contribution in [-0.4, -0.2) is 22.2 Å². The summed E-state index contributed by atoms with van der Waals surface area (Å²) >= 11 is 0. The van der Waals surface area contributed by atoms with Crippen molar-refractivity contribution in [3.8, 4) is 0 Å². The Hall–Kier alpha value is -1.06. The molecule has 0 aromatic rings. The summed E-state index contributed by atoms with van der Waals surface area (Å²) < 4.78 is 0. The Balaban J connectivity index is 1.56. The van der Waals surface area contributed by atoms with Gasteiger partial charge in [-0.05, 0) is 84.9 Å². The van der Waals surface area contributed by atoms with Gasteiger partial charge in [-0.1, -0.05) is 12.8 Å². The van der Waals surface area contributed by atoms with E-state index < -0.39 is 22.8 Å². The molecule has 128 valence electrons. The van der Waals surface area contributed by atoms with E-state index in [-0.39, 0.29) is 23.7 Å². The van der Waals surface area contributed by atoms with Gasteiger partial charge in [-0.3, -0.25) is 9.59 Å². The van der Waals surface area contributed by atoms with E-state index >= 15 is 0 Å². The Morgan fingerprint density at radius 3 is 1.17 bits per heavy atom. The highest BCUT2D eigenvalue weighted by atomic mass is 16.4. The van der Waals surface area contributed by atoms with Gasteiger partial charge in [0.25, 0.3) is 0 Å². The molecule has 0 radical (unpaired) electrons. The third-order valence-corrected chi connectivity index (χ3v) is 10.7. The first-order valence-electron chi connectivity index (χ1n) is 10.1. The molecule has 0 saturated heterocycles. The predicted molar refractivity (Wildman–Crippen MR) is 82.7 cm³/mol. The molecule has 0 amide bonds. The molecule has 0 aromatic heterocycles. The number of carbonyl (C=O) groups is 2. The first kappa shape index (κ1) is 13.2. The van der Waals surface area contributed by atoms with Gasteiger partial charge >= 0.3 is 11.9 Å². The molecule has 8 aliphatic carbocycles. The number of rotatable bonds is 2. The highest BCUT2D eigenvalue weighted by Gasteiger charge is 3.00. The van der Waals surface area contributed by atoms with Crippen molar-refractivity contribution in [3.05, 3.63) is 0 Å². The summed E-state index contributed by atoms with van der Waals surface area (Å²) in [7, 11) is 0. The first-order valence-corrected chi connectivity index (χ1v) is 10.1. The van der Waals surface area contributed by atoms with Crippen LogP contribution < -0.4 is 0 Å². The van der Waals surface area contributed by atoms with Gasteiger partial charge < -0.3 is 10.2 Å². The number of carboxylic acid groups (broad SMARTS) is 2. The quantitative estimate of drug-likeness (QED) is 0.817. The minimum Gasteiger partial charge on any atom is -0.481 e. The number of aliphatic carboxylic acids is 2. The fourth-order valence-corrected chi connectivity index (χ4v) is 11.4. The van der Waals surface area contributed by atoms with Crippen molar-refractivity contribution in [2.24, 2.45) is 70.0 Å². The van der Waals surface area contributed by atoms with Crippen LogP contribution >= 0.6 is 0 Å².